The summed E-state index contributed by atoms with van der Waals surface area (Å²) in [4.78, 5) is 0. The summed E-state index contributed by atoms with van der Waals surface area (Å²) in [6.45, 7) is -0.880. The fourth-order valence-electron chi connectivity index (χ4n) is 1.32. The molecule has 0 aliphatic carbocycles. The Balaban J connectivity index is 2.67. The van der Waals surface area contributed by atoms with Gasteiger partial charge in [0, 0.05) is 20.2 Å². The maximum atomic E-state index is 12.2. The van der Waals surface area contributed by atoms with Gasteiger partial charge >= 0.3 is 6.61 Å². The van der Waals surface area contributed by atoms with Crippen LogP contribution in [0.5, 0.6) is 5.75 Å². The molecule has 0 saturated carbocycles. The smallest absolute Gasteiger partial charge is 0.387 e. The standard InChI is InChI=1S/C11H13Br2F2NO2/c1-17-3-2-16-6-7-4-8(12)10(9(13)5-7)18-11(14)15/h4-5,11,16H,2-3,6H2,1H3. The van der Waals surface area contributed by atoms with Gasteiger partial charge in [0.05, 0.1) is 15.6 Å². The Hall–Kier alpha value is -0.240. The minimum Gasteiger partial charge on any atom is -0.432 e. The first-order valence-electron chi connectivity index (χ1n) is 5.17. The summed E-state index contributed by atoms with van der Waals surface area (Å²) < 4.78 is 34.6. The highest BCUT2D eigenvalue weighted by Crippen LogP contribution is 2.35. The van der Waals surface area contributed by atoms with Gasteiger partial charge in [-0.1, -0.05) is 0 Å². The van der Waals surface area contributed by atoms with E-state index >= 15 is 0 Å². The van der Waals surface area contributed by atoms with Gasteiger partial charge in [0.1, 0.15) is 0 Å². The zero-order valence-corrected chi connectivity index (χ0v) is 12.9. The van der Waals surface area contributed by atoms with Crippen molar-refractivity contribution in [3.05, 3.63) is 26.6 Å². The number of hydrogen-bond acceptors (Lipinski definition) is 3. The van der Waals surface area contributed by atoms with E-state index in [2.05, 4.69) is 41.9 Å². The number of nitrogens with one attached hydrogen (secondary N) is 1. The van der Waals surface area contributed by atoms with Crippen LogP contribution in [0, 0.1) is 0 Å². The molecule has 1 aromatic rings. The molecule has 102 valence electrons. The third kappa shape index (κ3) is 5.17. The molecule has 18 heavy (non-hydrogen) atoms. The van der Waals surface area contributed by atoms with Gasteiger partial charge in [0.15, 0.2) is 5.75 Å². The van der Waals surface area contributed by atoms with E-state index in [-0.39, 0.29) is 5.75 Å². The Bertz CT molecular complexity index is 368. The summed E-state index contributed by atoms with van der Waals surface area (Å²) in [5, 5.41) is 3.16. The SMILES string of the molecule is COCCNCc1cc(Br)c(OC(F)F)c(Br)c1. The molecule has 0 atom stereocenters. The lowest BCUT2D eigenvalue weighted by molar-refractivity contribution is -0.0508. The second-order valence-corrected chi connectivity index (χ2v) is 5.15. The Kier molecular flexibility index (Phi) is 7.06. The number of methoxy groups -OCH3 is 1. The predicted molar refractivity (Wildman–Crippen MR) is 72.1 cm³/mol. The molecule has 1 aromatic carbocycles. The van der Waals surface area contributed by atoms with E-state index in [1.54, 1.807) is 19.2 Å². The van der Waals surface area contributed by atoms with Crippen LogP contribution in [0.4, 0.5) is 8.78 Å². The third-order valence-electron chi connectivity index (χ3n) is 2.08. The van der Waals surface area contributed by atoms with Crippen molar-refractivity contribution in [3.8, 4) is 5.75 Å². The van der Waals surface area contributed by atoms with Crippen molar-refractivity contribution in [2.75, 3.05) is 20.3 Å². The van der Waals surface area contributed by atoms with E-state index in [9.17, 15) is 8.78 Å². The lowest BCUT2D eigenvalue weighted by Gasteiger charge is -2.11. The van der Waals surface area contributed by atoms with Crippen LogP contribution in [0.3, 0.4) is 0 Å². The largest absolute Gasteiger partial charge is 0.432 e. The molecule has 7 heteroatoms. The third-order valence-corrected chi connectivity index (χ3v) is 3.26. The van der Waals surface area contributed by atoms with Gasteiger partial charge < -0.3 is 14.8 Å². The van der Waals surface area contributed by atoms with E-state index in [1.807, 2.05) is 0 Å². The van der Waals surface area contributed by atoms with Gasteiger partial charge in [-0.15, -0.1) is 0 Å². The summed E-state index contributed by atoms with van der Waals surface area (Å²) >= 11 is 6.42. The zero-order valence-electron chi connectivity index (χ0n) is 9.68. The van der Waals surface area contributed by atoms with Crippen LogP contribution in [0.2, 0.25) is 0 Å². The fraction of sp³-hybridized carbons (Fsp3) is 0.455. The van der Waals surface area contributed by atoms with E-state index < -0.39 is 6.61 Å². The summed E-state index contributed by atoms with van der Waals surface area (Å²) in [6, 6.07) is 3.48. The van der Waals surface area contributed by atoms with Crippen LogP contribution in [-0.4, -0.2) is 26.9 Å². The number of hydrogen-bond donors (Lipinski definition) is 1. The average Bonchev–Trinajstić information content (AvgIpc) is 2.29. The molecule has 0 saturated heterocycles. The van der Waals surface area contributed by atoms with Crippen molar-refractivity contribution in [2.24, 2.45) is 0 Å². The number of halogens is 4. The summed E-state index contributed by atoms with van der Waals surface area (Å²) in [5.74, 6) is 0.102. The molecule has 0 heterocycles. The van der Waals surface area contributed by atoms with E-state index in [0.717, 1.165) is 12.1 Å². The first kappa shape index (κ1) is 15.8. The van der Waals surface area contributed by atoms with Crippen molar-refractivity contribution in [1.82, 2.24) is 5.32 Å². The molecule has 1 rings (SSSR count). The Morgan fingerprint density at radius 1 is 1.28 bits per heavy atom. The van der Waals surface area contributed by atoms with Gasteiger partial charge in [0.2, 0.25) is 0 Å². The predicted octanol–water partition coefficient (Wildman–Crippen LogP) is 3.55. The highest BCUT2D eigenvalue weighted by atomic mass is 79.9. The highest BCUT2D eigenvalue weighted by Gasteiger charge is 2.13. The molecule has 1 N–H and O–H groups in total. The number of rotatable bonds is 7. The van der Waals surface area contributed by atoms with Gasteiger partial charge in [-0.3, -0.25) is 0 Å². The second kappa shape index (κ2) is 8.04. The molecule has 0 radical (unpaired) electrons. The first-order valence-corrected chi connectivity index (χ1v) is 6.75. The summed E-state index contributed by atoms with van der Waals surface area (Å²) in [5.41, 5.74) is 0.950. The van der Waals surface area contributed by atoms with Crippen molar-refractivity contribution in [3.63, 3.8) is 0 Å². The van der Waals surface area contributed by atoms with E-state index in [4.69, 9.17) is 4.74 Å². The maximum absolute atomic E-state index is 12.2. The lowest BCUT2D eigenvalue weighted by Crippen LogP contribution is -2.18. The van der Waals surface area contributed by atoms with Gasteiger partial charge in [-0.2, -0.15) is 8.78 Å². The quantitative estimate of drug-likeness (QED) is 0.724. The van der Waals surface area contributed by atoms with Crippen molar-refractivity contribution < 1.29 is 18.3 Å². The normalized spacial score (nSPS) is 11.0. The molecule has 0 amide bonds. The van der Waals surface area contributed by atoms with Crippen molar-refractivity contribution in [1.29, 1.82) is 0 Å². The minimum atomic E-state index is -2.84. The van der Waals surface area contributed by atoms with Crippen LogP contribution < -0.4 is 10.1 Å². The van der Waals surface area contributed by atoms with Gasteiger partial charge in [-0.25, -0.2) is 0 Å². The topological polar surface area (TPSA) is 30.5 Å². The molecule has 3 nitrogen and oxygen atoms in total. The van der Waals surface area contributed by atoms with Crippen LogP contribution >= 0.6 is 31.9 Å². The number of benzene rings is 1. The molecule has 0 spiro atoms. The molecule has 0 aliphatic rings. The van der Waals surface area contributed by atoms with Gasteiger partial charge in [0.25, 0.3) is 0 Å². The molecule has 0 bridgehead atoms. The molecular weight excluding hydrogens is 376 g/mol. The Labute approximate surface area is 121 Å². The first-order chi connectivity index (χ1) is 8.54. The fourth-order valence-corrected chi connectivity index (χ4v) is 2.79. The summed E-state index contributed by atoms with van der Waals surface area (Å²) in [6.07, 6.45) is 0. The molecule has 0 aliphatic heterocycles. The van der Waals surface area contributed by atoms with E-state index in [0.29, 0.717) is 22.1 Å². The zero-order chi connectivity index (χ0) is 13.5. The minimum absolute atomic E-state index is 0.102. The van der Waals surface area contributed by atoms with Crippen molar-refractivity contribution in [2.45, 2.75) is 13.2 Å². The van der Waals surface area contributed by atoms with Crippen molar-refractivity contribution >= 4 is 31.9 Å². The van der Waals surface area contributed by atoms with Crippen LogP contribution in [0.1, 0.15) is 5.56 Å². The summed E-state index contributed by atoms with van der Waals surface area (Å²) in [7, 11) is 1.63. The number of ether oxygens (including phenoxy) is 2. The monoisotopic (exact) mass is 387 g/mol. The van der Waals surface area contributed by atoms with Crippen LogP contribution in [0.15, 0.2) is 21.1 Å². The number of alkyl halides is 2. The maximum Gasteiger partial charge on any atom is 0.387 e. The molecule has 0 fully saturated rings. The lowest BCUT2D eigenvalue weighted by atomic mass is 10.2. The molecule has 0 unspecified atom stereocenters. The second-order valence-electron chi connectivity index (χ2n) is 3.44. The molecule has 0 aromatic heterocycles. The van der Waals surface area contributed by atoms with E-state index in [1.165, 1.54) is 0 Å². The van der Waals surface area contributed by atoms with Gasteiger partial charge in [-0.05, 0) is 49.6 Å². The molecular formula is C11H13Br2F2NO2. The van der Waals surface area contributed by atoms with Crippen LogP contribution in [-0.2, 0) is 11.3 Å². The Morgan fingerprint density at radius 3 is 2.39 bits per heavy atom. The Morgan fingerprint density at radius 2 is 1.89 bits per heavy atom. The highest BCUT2D eigenvalue weighted by molar-refractivity contribution is 9.11. The van der Waals surface area contributed by atoms with Crippen LogP contribution in [0.25, 0.3) is 0 Å². The average molecular weight is 389 g/mol.